The first-order valence-corrected chi connectivity index (χ1v) is 18.5. The van der Waals surface area contributed by atoms with Crippen LogP contribution in [-0.4, -0.2) is 9.13 Å². The summed E-state index contributed by atoms with van der Waals surface area (Å²) >= 11 is 0. The lowest BCUT2D eigenvalue weighted by atomic mass is 9.93. The van der Waals surface area contributed by atoms with E-state index in [4.69, 9.17) is 8.83 Å². The molecule has 0 saturated heterocycles. The zero-order valence-electron chi connectivity index (χ0n) is 29.6. The Kier molecular flexibility index (Phi) is 6.10. The molecule has 6 heteroatoms. The standard InChI is InChI=1S/C50H26N4O2/c51-27-29-10-9-17-43(54-42-16-6-2-12-34(42)38-23-25-40-36-14-4-8-19-45(36)56-50(40)48(38)54)46(29)32-21-20-31(26-30(32)28-52)53-41-15-5-1-11-33(41)37-22-24-39-35-13-3-7-18-44(35)55-49(39)47(37)53/h1-26H. The molecule has 56 heavy (non-hydrogen) atoms. The lowest BCUT2D eigenvalue weighted by Crippen LogP contribution is -2.02. The number of para-hydroxylation sites is 4. The zero-order chi connectivity index (χ0) is 37.1. The molecule has 4 aromatic heterocycles. The number of rotatable bonds is 3. The van der Waals surface area contributed by atoms with Gasteiger partial charge in [0, 0.05) is 59.9 Å². The molecule has 12 rings (SSSR count). The van der Waals surface area contributed by atoms with Gasteiger partial charge in [-0.1, -0.05) is 97.1 Å². The van der Waals surface area contributed by atoms with E-state index in [1.54, 1.807) is 0 Å². The summed E-state index contributed by atoms with van der Waals surface area (Å²) < 4.78 is 17.6. The lowest BCUT2D eigenvalue weighted by molar-refractivity contribution is 0.670. The van der Waals surface area contributed by atoms with Gasteiger partial charge in [0.15, 0.2) is 11.2 Å². The predicted octanol–water partition coefficient (Wildman–Crippen LogP) is 13.1. The molecule has 0 unspecified atom stereocenters. The highest BCUT2D eigenvalue weighted by Crippen LogP contribution is 2.45. The van der Waals surface area contributed by atoms with Crippen LogP contribution in [0.1, 0.15) is 11.1 Å². The third-order valence-electron chi connectivity index (χ3n) is 11.4. The maximum Gasteiger partial charge on any atom is 0.160 e. The number of furan rings is 2. The van der Waals surface area contributed by atoms with Crippen molar-refractivity contribution in [3.05, 3.63) is 169 Å². The van der Waals surface area contributed by atoms with E-state index in [2.05, 4.69) is 81.9 Å². The highest BCUT2D eigenvalue weighted by atomic mass is 16.3. The number of nitriles is 2. The predicted molar refractivity (Wildman–Crippen MR) is 225 cm³/mol. The number of hydrogen-bond acceptors (Lipinski definition) is 4. The molecular formula is C50H26N4O2. The van der Waals surface area contributed by atoms with Crippen LogP contribution >= 0.6 is 0 Å². The molecule has 0 saturated carbocycles. The summed E-state index contributed by atoms with van der Waals surface area (Å²) in [5.41, 5.74) is 10.9. The van der Waals surface area contributed by atoms with Crippen molar-refractivity contribution >= 4 is 87.5 Å². The van der Waals surface area contributed by atoms with E-state index >= 15 is 0 Å². The average Bonchev–Trinajstić information content (AvgIpc) is 4.01. The van der Waals surface area contributed by atoms with Crippen LogP contribution in [0.4, 0.5) is 0 Å². The fourth-order valence-electron chi connectivity index (χ4n) is 9.06. The first-order valence-electron chi connectivity index (χ1n) is 18.5. The third kappa shape index (κ3) is 3.97. The maximum absolute atomic E-state index is 11.0. The molecule has 0 aliphatic heterocycles. The molecule has 0 radical (unpaired) electrons. The monoisotopic (exact) mass is 714 g/mol. The molecule has 4 heterocycles. The van der Waals surface area contributed by atoms with Crippen molar-refractivity contribution < 1.29 is 8.83 Å². The van der Waals surface area contributed by atoms with Crippen molar-refractivity contribution in [2.45, 2.75) is 0 Å². The summed E-state index contributed by atoms with van der Waals surface area (Å²) in [6.07, 6.45) is 0. The van der Waals surface area contributed by atoms with Crippen molar-refractivity contribution in [3.8, 4) is 34.6 Å². The van der Waals surface area contributed by atoms with Crippen LogP contribution in [-0.2, 0) is 0 Å². The summed E-state index contributed by atoms with van der Waals surface area (Å²) in [5.74, 6) is 0. The fourth-order valence-corrected chi connectivity index (χ4v) is 9.06. The van der Waals surface area contributed by atoms with Gasteiger partial charge < -0.3 is 18.0 Å². The van der Waals surface area contributed by atoms with Gasteiger partial charge in [0.05, 0.1) is 51.0 Å². The Hall–Kier alpha value is -8.06. The molecule has 0 bridgehead atoms. The largest absolute Gasteiger partial charge is 0.454 e. The highest BCUT2D eigenvalue weighted by molar-refractivity contribution is 6.23. The molecule has 258 valence electrons. The van der Waals surface area contributed by atoms with Crippen molar-refractivity contribution in [3.63, 3.8) is 0 Å². The Morgan fingerprint density at radius 3 is 1.54 bits per heavy atom. The van der Waals surface area contributed by atoms with Gasteiger partial charge in [-0.3, -0.25) is 0 Å². The second-order valence-corrected chi connectivity index (χ2v) is 14.2. The molecule has 0 fully saturated rings. The number of hydrogen-bond donors (Lipinski definition) is 0. The van der Waals surface area contributed by atoms with Gasteiger partial charge >= 0.3 is 0 Å². The summed E-state index contributed by atoms with van der Waals surface area (Å²) in [6.45, 7) is 0. The summed E-state index contributed by atoms with van der Waals surface area (Å²) in [6, 6.07) is 58.1. The molecule has 6 nitrogen and oxygen atoms in total. The van der Waals surface area contributed by atoms with Crippen LogP contribution in [0.15, 0.2) is 167 Å². The summed E-state index contributed by atoms with van der Waals surface area (Å²) in [7, 11) is 0. The Balaban J connectivity index is 1.15. The Bertz CT molecular complexity index is 3750. The van der Waals surface area contributed by atoms with Gasteiger partial charge in [0.2, 0.25) is 0 Å². The number of benzene rings is 8. The van der Waals surface area contributed by atoms with Crippen LogP contribution in [0, 0.1) is 22.7 Å². The minimum absolute atomic E-state index is 0.448. The number of nitrogens with zero attached hydrogens (tertiary/aromatic N) is 4. The Morgan fingerprint density at radius 1 is 0.411 bits per heavy atom. The van der Waals surface area contributed by atoms with Crippen LogP contribution in [0.3, 0.4) is 0 Å². The van der Waals surface area contributed by atoms with E-state index in [1.807, 2.05) is 97.1 Å². The van der Waals surface area contributed by atoms with E-state index in [0.717, 1.165) is 98.9 Å². The molecule has 0 spiro atoms. The minimum atomic E-state index is 0.448. The van der Waals surface area contributed by atoms with Crippen molar-refractivity contribution in [1.82, 2.24) is 9.13 Å². The SMILES string of the molecule is N#Cc1cc(-n2c3ccccc3c3ccc4c5ccccc5oc4c32)ccc1-c1c(C#N)cccc1-n1c2ccccc2c2ccc3c4ccccc4oc3c21. The van der Waals surface area contributed by atoms with Gasteiger partial charge in [0.1, 0.15) is 11.2 Å². The maximum atomic E-state index is 11.0. The average molecular weight is 715 g/mol. The lowest BCUT2D eigenvalue weighted by Gasteiger charge is -2.17. The van der Waals surface area contributed by atoms with E-state index in [9.17, 15) is 10.5 Å². The molecular weight excluding hydrogens is 689 g/mol. The number of fused-ring (bicyclic) bond motifs is 14. The Morgan fingerprint density at radius 2 is 0.929 bits per heavy atom. The van der Waals surface area contributed by atoms with Gasteiger partial charge in [0.25, 0.3) is 0 Å². The molecule has 0 N–H and O–H groups in total. The van der Waals surface area contributed by atoms with E-state index < -0.39 is 0 Å². The second kappa shape index (κ2) is 11.2. The molecule has 0 amide bonds. The molecule has 0 aliphatic rings. The van der Waals surface area contributed by atoms with Crippen molar-refractivity contribution in [1.29, 1.82) is 10.5 Å². The zero-order valence-corrected chi connectivity index (χ0v) is 29.6. The van der Waals surface area contributed by atoms with Crippen molar-refractivity contribution in [2.24, 2.45) is 0 Å². The third-order valence-corrected chi connectivity index (χ3v) is 11.4. The highest BCUT2D eigenvalue weighted by Gasteiger charge is 2.24. The van der Waals surface area contributed by atoms with E-state index in [0.29, 0.717) is 22.3 Å². The summed E-state index contributed by atoms with van der Waals surface area (Å²) in [4.78, 5) is 0. The first-order chi connectivity index (χ1) is 27.7. The van der Waals surface area contributed by atoms with Gasteiger partial charge in [-0.25, -0.2) is 0 Å². The minimum Gasteiger partial charge on any atom is -0.454 e. The smallest absolute Gasteiger partial charge is 0.160 e. The van der Waals surface area contributed by atoms with Crippen LogP contribution in [0.2, 0.25) is 0 Å². The van der Waals surface area contributed by atoms with Crippen LogP contribution in [0.5, 0.6) is 0 Å². The van der Waals surface area contributed by atoms with Crippen LogP contribution in [0.25, 0.3) is 110 Å². The molecule has 0 aliphatic carbocycles. The second-order valence-electron chi connectivity index (χ2n) is 14.2. The van der Waals surface area contributed by atoms with E-state index in [-0.39, 0.29) is 0 Å². The van der Waals surface area contributed by atoms with E-state index in [1.165, 1.54) is 0 Å². The normalized spacial score (nSPS) is 11.9. The molecule has 8 aromatic carbocycles. The topological polar surface area (TPSA) is 83.7 Å². The van der Waals surface area contributed by atoms with Gasteiger partial charge in [-0.15, -0.1) is 0 Å². The molecule has 12 aromatic rings. The summed E-state index contributed by atoms with van der Waals surface area (Å²) in [5, 5.41) is 30.1. The van der Waals surface area contributed by atoms with Crippen molar-refractivity contribution in [2.75, 3.05) is 0 Å². The fraction of sp³-hybridized carbons (Fsp3) is 0. The quantitative estimate of drug-likeness (QED) is 0.182. The van der Waals surface area contributed by atoms with Gasteiger partial charge in [-0.2, -0.15) is 10.5 Å². The number of aromatic nitrogens is 2. The molecule has 0 atom stereocenters. The Labute approximate surface area is 318 Å². The first kappa shape index (κ1) is 30.4. The van der Waals surface area contributed by atoms with Crippen LogP contribution < -0.4 is 0 Å². The van der Waals surface area contributed by atoms with Gasteiger partial charge in [-0.05, 0) is 60.7 Å².